The maximum absolute atomic E-state index is 12.1. The molecule has 2 amide bonds. The van der Waals surface area contributed by atoms with Crippen LogP contribution in [0.4, 0.5) is 0 Å². The SMILES string of the molecule is CCCNC(=O)CNCc1ccccc1OCC(=O)N1CCCC1. The molecule has 1 aliphatic heterocycles. The zero-order valence-corrected chi connectivity index (χ0v) is 14.3. The van der Waals surface area contributed by atoms with Crippen molar-refractivity contribution in [3.63, 3.8) is 0 Å². The molecule has 0 aromatic heterocycles. The summed E-state index contributed by atoms with van der Waals surface area (Å²) in [6.45, 7) is 5.22. The van der Waals surface area contributed by atoms with E-state index < -0.39 is 0 Å². The second-order valence-corrected chi connectivity index (χ2v) is 5.94. The predicted octanol–water partition coefficient (Wildman–Crippen LogP) is 1.30. The van der Waals surface area contributed by atoms with Gasteiger partial charge < -0.3 is 20.3 Å². The lowest BCUT2D eigenvalue weighted by Crippen LogP contribution is -2.34. The largest absolute Gasteiger partial charge is 0.483 e. The summed E-state index contributed by atoms with van der Waals surface area (Å²) >= 11 is 0. The van der Waals surface area contributed by atoms with Crippen LogP contribution in [0.25, 0.3) is 0 Å². The normalized spacial score (nSPS) is 13.8. The molecule has 132 valence electrons. The molecule has 2 N–H and O–H groups in total. The minimum absolute atomic E-state index is 0.0144. The lowest BCUT2D eigenvalue weighted by molar-refractivity contribution is -0.132. The van der Waals surface area contributed by atoms with Crippen LogP contribution in [0.3, 0.4) is 0 Å². The van der Waals surface area contributed by atoms with E-state index in [1.807, 2.05) is 36.1 Å². The van der Waals surface area contributed by atoms with Gasteiger partial charge in [0, 0.05) is 31.7 Å². The molecular formula is C18H27N3O3. The molecule has 6 heteroatoms. The lowest BCUT2D eigenvalue weighted by atomic mass is 10.2. The molecule has 0 atom stereocenters. The first-order valence-corrected chi connectivity index (χ1v) is 8.66. The third-order valence-corrected chi connectivity index (χ3v) is 3.96. The zero-order chi connectivity index (χ0) is 17.2. The van der Waals surface area contributed by atoms with Crippen molar-refractivity contribution in [1.82, 2.24) is 15.5 Å². The monoisotopic (exact) mass is 333 g/mol. The Bertz CT molecular complexity index is 542. The smallest absolute Gasteiger partial charge is 0.260 e. The fourth-order valence-electron chi connectivity index (χ4n) is 2.63. The molecule has 0 radical (unpaired) electrons. The fourth-order valence-corrected chi connectivity index (χ4v) is 2.63. The lowest BCUT2D eigenvalue weighted by Gasteiger charge is -2.17. The Kier molecular flexibility index (Phi) is 7.55. The van der Waals surface area contributed by atoms with Crippen LogP contribution in [-0.2, 0) is 16.1 Å². The van der Waals surface area contributed by atoms with Gasteiger partial charge in [0.2, 0.25) is 5.91 Å². The van der Waals surface area contributed by atoms with Gasteiger partial charge in [0.05, 0.1) is 6.54 Å². The molecule has 0 bridgehead atoms. The number of likely N-dealkylation sites (tertiary alicyclic amines) is 1. The number of rotatable bonds is 9. The number of nitrogens with zero attached hydrogens (tertiary/aromatic N) is 1. The van der Waals surface area contributed by atoms with Crippen LogP contribution in [-0.4, -0.2) is 49.5 Å². The van der Waals surface area contributed by atoms with E-state index in [9.17, 15) is 9.59 Å². The number of hydrogen-bond donors (Lipinski definition) is 2. The molecule has 0 unspecified atom stereocenters. The Morgan fingerprint density at radius 1 is 1.21 bits per heavy atom. The number of amides is 2. The van der Waals surface area contributed by atoms with Crippen LogP contribution in [0.15, 0.2) is 24.3 Å². The first kappa shape index (κ1) is 18.3. The average Bonchev–Trinajstić information content (AvgIpc) is 3.13. The third kappa shape index (κ3) is 5.85. The maximum Gasteiger partial charge on any atom is 0.260 e. The van der Waals surface area contributed by atoms with Crippen molar-refractivity contribution >= 4 is 11.8 Å². The van der Waals surface area contributed by atoms with Crippen molar-refractivity contribution in [2.24, 2.45) is 0 Å². The summed E-state index contributed by atoms with van der Waals surface area (Å²) in [6, 6.07) is 7.59. The number of nitrogens with one attached hydrogen (secondary N) is 2. The number of hydrogen-bond acceptors (Lipinski definition) is 4. The number of para-hydroxylation sites is 1. The third-order valence-electron chi connectivity index (χ3n) is 3.96. The molecule has 0 saturated carbocycles. The highest BCUT2D eigenvalue weighted by molar-refractivity contribution is 5.78. The van der Waals surface area contributed by atoms with E-state index >= 15 is 0 Å². The number of carbonyl (C=O) groups is 2. The molecule has 1 aromatic rings. The number of ether oxygens (including phenoxy) is 1. The molecule has 6 nitrogen and oxygen atoms in total. The summed E-state index contributed by atoms with van der Waals surface area (Å²) in [6.07, 6.45) is 3.08. The average molecular weight is 333 g/mol. The molecule has 1 fully saturated rings. The zero-order valence-electron chi connectivity index (χ0n) is 14.3. The molecule has 0 spiro atoms. The van der Waals surface area contributed by atoms with Gasteiger partial charge in [-0.3, -0.25) is 9.59 Å². The first-order chi connectivity index (χ1) is 11.7. The number of benzene rings is 1. The van der Waals surface area contributed by atoms with Crippen LogP contribution >= 0.6 is 0 Å². The number of carbonyl (C=O) groups excluding carboxylic acids is 2. The van der Waals surface area contributed by atoms with Gasteiger partial charge in [0.15, 0.2) is 6.61 Å². The van der Waals surface area contributed by atoms with E-state index in [0.717, 1.165) is 37.9 Å². The van der Waals surface area contributed by atoms with Crippen LogP contribution in [0, 0.1) is 0 Å². The van der Waals surface area contributed by atoms with Crippen molar-refractivity contribution in [2.45, 2.75) is 32.7 Å². The summed E-state index contributed by atoms with van der Waals surface area (Å²) in [5.74, 6) is 0.708. The Labute approximate surface area is 143 Å². The van der Waals surface area contributed by atoms with Gasteiger partial charge in [-0.05, 0) is 25.3 Å². The Hall–Kier alpha value is -2.08. The topological polar surface area (TPSA) is 70.7 Å². The summed E-state index contributed by atoms with van der Waals surface area (Å²) in [4.78, 5) is 25.5. The minimum atomic E-state index is -0.0144. The summed E-state index contributed by atoms with van der Waals surface area (Å²) in [5.41, 5.74) is 0.940. The van der Waals surface area contributed by atoms with Crippen molar-refractivity contribution in [2.75, 3.05) is 32.8 Å². The van der Waals surface area contributed by atoms with Crippen molar-refractivity contribution in [3.8, 4) is 5.75 Å². The van der Waals surface area contributed by atoms with Gasteiger partial charge in [0.25, 0.3) is 5.91 Å². The van der Waals surface area contributed by atoms with Gasteiger partial charge in [0.1, 0.15) is 5.75 Å². The minimum Gasteiger partial charge on any atom is -0.483 e. The molecule has 2 rings (SSSR count). The predicted molar refractivity (Wildman–Crippen MR) is 92.8 cm³/mol. The maximum atomic E-state index is 12.1. The highest BCUT2D eigenvalue weighted by Gasteiger charge is 2.18. The van der Waals surface area contributed by atoms with E-state index in [1.54, 1.807) is 0 Å². The Morgan fingerprint density at radius 2 is 1.96 bits per heavy atom. The fraction of sp³-hybridized carbons (Fsp3) is 0.556. The second kappa shape index (κ2) is 9.93. The Balaban J connectivity index is 1.79. The van der Waals surface area contributed by atoms with Gasteiger partial charge in [-0.25, -0.2) is 0 Å². The molecule has 24 heavy (non-hydrogen) atoms. The van der Waals surface area contributed by atoms with Gasteiger partial charge >= 0.3 is 0 Å². The molecular weight excluding hydrogens is 306 g/mol. The molecule has 1 saturated heterocycles. The summed E-state index contributed by atoms with van der Waals surface area (Å²) < 4.78 is 5.70. The van der Waals surface area contributed by atoms with Crippen molar-refractivity contribution in [1.29, 1.82) is 0 Å². The van der Waals surface area contributed by atoms with Crippen LogP contribution in [0.5, 0.6) is 5.75 Å². The second-order valence-electron chi connectivity index (χ2n) is 5.94. The molecule has 1 aromatic carbocycles. The van der Waals surface area contributed by atoms with Crippen molar-refractivity contribution in [3.05, 3.63) is 29.8 Å². The van der Waals surface area contributed by atoms with Crippen LogP contribution in [0.1, 0.15) is 31.7 Å². The summed E-state index contributed by atoms with van der Waals surface area (Å²) in [7, 11) is 0. The molecule has 1 aliphatic rings. The van der Waals surface area contributed by atoms with E-state index in [0.29, 0.717) is 18.8 Å². The molecule has 1 heterocycles. The van der Waals surface area contributed by atoms with Crippen LogP contribution < -0.4 is 15.4 Å². The van der Waals surface area contributed by atoms with E-state index in [4.69, 9.17) is 4.74 Å². The van der Waals surface area contributed by atoms with E-state index in [1.165, 1.54) is 0 Å². The van der Waals surface area contributed by atoms with E-state index in [-0.39, 0.29) is 25.0 Å². The first-order valence-electron chi connectivity index (χ1n) is 8.66. The van der Waals surface area contributed by atoms with Gasteiger partial charge in [-0.15, -0.1) is 0 Å². The Morgan fingerprint density at radius 3 is 2.71 bits per heavy atom. The molecule has 0 aliphatic carbocycles. The van der Waals surface area contributed by atoms with E-state index in [2.05, 4.69) is 10.6 Å². The highest BCUT2D eigenvalue weighted by atomic mass is 16.5. The standard InChI is InChI=1S/C18H27N3O3/c1-2-9-20-17(22)13-19-12-15-7-3-4-8-16(15)24-14-18(23)21-10-5-6-11-21/h3-4,7-8,19H,2,5-6,9-14H2,1H3,(H,20,22). The van der Waals surface area contributed by atoms with Crippen LogP contribution in [0.2, 0.25) is 0 Å². The highest BCUT2D eigenvalue weighted by Crippen LogP contribution is 2.18. The quantitative estimate of drug-likeness (QED) is 0.715. The van der Waals surface area contributed by atoms with Crippen molar-refractivity contribution < 1.29 is 14.3 Å². The summed E-state index contributed by atoms with van der Waals surface area (Å²) in [5, 5.41) is 5.93. The van der Waals surface area contributed by atoms with Gasteiger partial charge in [-0.2, -0.15) is 0 Å². The van der Waals surface area contributed by atoms with Gasteiger partial charge in [-0.1, -0.05) is 25.1 Å².